The number of benzene rings is 1. The van der Waals surface area contributed by atoms with Crippen LogP contribution in [0.25, 0.3) is 0 Å². The number of guanidine groups is 1. The molecule has 0 aromatic heterocycles. The molecule has 1 fully saturated rings. The number of rotatable bonds is 5. The lowest BCUT2D eigenvalue weighted by atomic mass is 10.1. The molecule has 1 unspecified atom stereocenters. The van der Waals surface area contributed by atoms with Gasteiger partial charge in [0.25, 0.3) is 0 Å². The Bertz CT molecular complexity index is 425. The molecule has 1 aliphatic carbocycles. The molecule has 0 bridgehead atoms. The Labute approximate surface area is 127 Å². The molecule has 1 atom stereocenters. The predicted molar refractivity (Wildman–Crippen MR) is 87.3 cm³/mol. The molecule has 1 aromatic rings. The Hall–Kier alpha value is -1.55. The normalized spacial score (nSPS) is 19.0. The zero-order valence-electron chi connectivity index (χ0n) is 12.9. The minimum absolute atomic E-state index is 0.0410. The molecule has 0 spiro atoms. The van der Waals surface area contributed by atoms with Crippen molar-refractivity contribution in [1.29, 1.82) is 0 Å². The van der Waals surface area contributed by atoms with Crippen molar-refractivity contribution in [3.63, 3.8) is 0 Å². The summed E-state index contributed by atoms with van der Waals surface area (Å²) < 4.78 is 5.51. The second kappa shape index (κ2) is 8.67. The molecule has 0 amide bonds. The lowest BCUT2D eigenvalue weighted by Crippen LogP contribution is -2.40. The quantitative estimate of drug-likeness (QED) is 0.497. The van der Waals surface area contributed by atoms with Gasteiger partial charge in [-0.3, -0.25) is 4.99 Å². The van der Waals surface area contributed by atoms with E-state index in [1.165, 1.54) is 38.5 Å². The van der Waals surface area contributed by atoms with Crippen molar-refractivity contribution in [3.8, 4) is 0 Å². The molecule has 1 saturated carbocycles. The summed E-state index contributed by atoms with van der Waals surface area (Å²) in [5.74, 6) is 0.542. The van der Waals surface area contributed by atoms with E-state index in [-0.39, 0.29) is 6.10 Å². The third-order valence-electron chi connectivity index (χ3n) is 4.09. The summed E-state index contributed by atoms with van der Waals surface area (Å²) in [6.45, 7) is 0.548. The number of nitrogens with zero attached hydrogens (tertiary/aromatic N) is 1. The molecular formula is C17H27N3O. The maximum absolute atomic E-state index is 6.02. The smallest absolute Gasteiger partial charge is 0.188 e. The number of aliphatic imine (C=N–C) groups is 1. The molecular weight excluding hydrogens is 262 g/mol. The van der Waals surface area contributed by atoms with Gasteiger partial charge in [-0.2, -0.15) is 0 Å². The van der Waals surface area contributed by atoms with Crippen LogP contribution in [0.4, 0.5) is 0 Å². The Kier molecular flexibility index (Phi) is 6.54. The number of hydrogen-bond donors (Lipinski definition) is 2. The number of ether oxygens (including phenoxy) is 1. The van der Waals surface area contributed by atoms with Gasteiger partial charge in [0.1, 0.15) is 6.10 Å². The van der Waals surface area contributed by atoms with Crippen LogP contribution < -0.4 is 11.1 Å². The Morgan fingerprint density at radius 3 is 2.52 bits per heavy atom. The maximum Gasteiger partial charge on any atom is 0.188 e. The van der Waals surface area contributed by atoms with Crippen molar-refractivity contribution in [3.05, 3.63) is 35.9 Å². The van der Waals surface area contributed by atoms with Crippen molar-refractivity contribution in [1.82, 2.24) is 5.32 Å². The molecule has 116 valence electrons. The minimum atomic E-state index is -0.0410. The van der Waals surface area contributed by atoms with E-state index >= 15 is 0 Å². The molecule has 1 aromatic carbocycles. The monoisotopic (exact) mass is 289 g/mol. The molecule has 0 heterocycles. The van der Waals surface area contributed by atoms with Gasteiger partial charge in [-0.15, -0.1) is 0 Å². The van der Waals surface area contributed by atoms with Crippen LogP contribution in [0.1, 0.15) is 50.2 Å². The predicted octanol–water partition coefficient (Wildman–Crippen LogP) is 3.00. The Balaban J connectivity index is 1.86. The van der Waals surface area contributed by atoms with Gasteiger partial charge in [-0.25, -0.2) is 0 Å². The fourth-order valence-electron chi connectivity index (χ4n) is 2.84. The van der Waals surface area contributed by atoms with E-state index < -0.39 is 0 Å². The highest BCUT2D eigenvalue weighted by atomic mass is 16.5. The SMILES string of the molecule is COC(CN=C(N)NC1CCCCCC1)c1ccccc1. The first-order valence-electron chi connectivity index (χ1n) is 7.94. The molecule has 21 heavy (non-hydrogen) atoms. The average Bonchev–Trinajstić information content (AvgIpc) is 2.77. The van der Waals surface area contributed by atoms with Crippen LogP contribution >= 0.6 is 0 Å². The van der Waals surface area contributed by atoms with Crippen LogP contribution in [-0.4, -0.2) is 25.7 Å². The van der Waals surface area contributed by atoms with E-state index in [0.29, 0.717) is 18.5 Å². The molecule has 3 N–H and O–H groups in total. The zero-order valence-corrected chi connectivity index (χ0v) is 12.9. The Morgan fingerprint density at radius 1 is 1.24 bits per heavy atom. The average molecular weight is 289 g/mol. The molecule has 0 aliphatic heterocycles. The van der Waals surface area contributed by atoms with Gasteiger partial charge in [0, 0.05) is 13.2 Å². The van der Waals surface area contributed by atoms with Crippen molar-refractivity contribution >= 4 is 5.96 Å². The van der Waals surface area contributed by atoms with Gasteiger partial charge < -0.3 is 15.8 Å². The summed E-state index contributed by atoms with van der Waals surface area (Å²) in [5, 5.41) is 3.36. The lowest BCUT2D eigenvalue weighted by Gasteiger charge is -2.18. The van der Waals surface area contributed by atoms with E-state index in [0.717, 1.165) is 5.56 Å². The van der Waals surface area contributed by atoms with Gasteiger partial charge in [-0.05, 0) is 18.4 Å². The summed E-state index contributed by atoms with van der Waals surface area (Å²) in [6.07, 6.45) is 7.61. The van der Waals surface area contributed by atoms with Crippen LogP contribution in [0.15, 0.2) is 35.3 Å². The number of nitrogens with two attached hydrogens (primary N) is 1. The standard InChI is InChI=1S/C17H27N3O/c1-21-16(14-9-5-4-6-10-14)13-19-17(18)20-15-11-7-2-3-8-12-15/h4-6,9-10,15-16H,2-3,7-8,11-13H2,1H3,(H3,18,19,20). The highest BCUT2D eigenvalue weighted by Gasteiger charge is 2.13. The van der Waals surface area contributed by atoms with Crippen LogP contribution in [0.2, 0.25) is 0 Å². The number of hydrogen-bond acceptors (Lipinski definition) is 2. The molecule has 0 saturated heterocycles. The van der Waals surface area contributed by atoms with E-state index in [9.17, 15) is 0 Å². The van der Waals surface area contributed by atoms with Crippen molar-refractivity contribution in [2.45, 2.75) is 50.7 Å². The first-order valence-corrected chi connectivity index (χ1v) is 7.94. The van der Waals surface area contributed by atoms with Crippen LogP contribution in [0.5, 0.6) is 0 Å². The molecule has 2 rings (SSSR count). The molecule has 4 nitrogen and oxygen atoms in total. The van der Waals surface area contributed by atoms with Gasteiger partial charge >= 0.3 is 0 Å². The summed E-state index contributed by atoms with van der Waals surface area (Å²) in [7, 11) is 1.71. The summed E-state index contributed by atoms with van der Waals surface area (Å²) in [6, 6.07) is 10.6. The first-order chi connectivity index (χ1) is 10.3. The van der Waals surface area contributed by atoms with Crippen molar-refractivity contribution in [2.75, 3.05) is 13.7 Å². The zero-order chi connectivity index (χ0) is 14.9. The second-order valence-electron chi connectivity index (χ2n) is 5.69. The Morgan fingerprint density at radius 2 is 1.90 bits per heavy atom. The molecule has 4 heteroatoms. The van der Waals surface area contributed by atoms with Gasteiger partial charge in [-0.1, -0.05) is 56.0 Å². The van der Waals surface area contributed by atoms with Gasteiger partial charge in [0.05, 0.1) is 6.54 Å². The topological polar surface area (TPSA) is 59.6 Å². The summed E-state index contributed by atoms with van der Waals surface area (Å²) >= 11 is 0. The third kappa shape index (κ3) is 5.38. The van der Waals surface area contributed by atoms with Crippen LogP contribution in [-0.2, 0) is 4.74 Å². The minimum Gasteiger partial charge on any atom is -0.375 e. The van der Waals surface area contributed by atoms with E-state index in [1.807, 2.05) is 18.2 Å². The van der Waals surface area contributed by atoms with E-state index in [4.69, 9.17) is 10.5 Å². The highest BCUT2D eigenvalue weighted by Crippen LogP contribution is 2.18. The third-order valence-corrected chi connectivity index (χ3v) is 4.09. The summed E-state index contributed by atoms with van der Waals surface area (Å²) in [4.78, 5) is 4.45. The van der Waals surface area contributed by atoms with Crippen LogP contribution in [0, 0.1) is 0 Å². The highest BCUT2D eigenvalue weighted by molar-refractivity contribution is 5.78. The van der Waals surface area contributed by atoms with Crippen molar-refractivity contribution < 1.29 is 4.74 Å². The van der Waals surface area contributed by atoms with Gasteiger partial charge in [0.2, 0.25) is 0 Å². The van der Waals surface area contributed by atoms with Crippen molar-refractivity contribution in [2.24, 2.45) is 10.7 Å². The van der Waals surface area contributed by atoms with Gasteiger partial charge in [0.15, 0.2) is 5.96 Å². The maximum atomic E-state index is 6.02. The second-order valence-corrected chi connectivity index (χ2v) is 5.69. The number of methoxy groups -OCH3 is 1. The largest absolute Gasteiger partial charge is 0.375 e. The fraction of sp³-hybridized carbons (Fsp3) is 0.588. The molecule has 1 aliphatic rings. The fourth-order valence-corrected chi connectivity index (χ4v) is 2.84. The summed E-state index contributed by atoms with van der Waals surface area (Å²) in [5.41, 5.74) is 7.15. The molecule has 0 radical (unpaired) electrons. The first kappa shape index (κ1) is 15.8. The van der Waals surface area contributed by atoms with E-state index in [1.54, 1.807) is 7.11 Å². The van der Waals surface area contributed by atoms with Crippen LogP contribution in [0.3, 0.4) is 0 Å². The van der Waals surface area contributed by atoms with E-state index in [2.05, 4.69) is 22.4 Å². The lowest BCUT2D eigenvalue weighted by molar-refractivity contribution is 0.111. The number of nitrogens with one attached hydrogen (secondary N) is 1.